The molecule has 0 saturated carbocycles. The van der Waals surface area contributed by atoms with E-state index in [-0.39, 0.29) is 12.3 Å². The number of carbonyl (C=O) groups excluding carboxylic acids is 2. The van der Waals surface area contributed by atoms with Crippen molar-refractivity contribution in [1.29, 1.82) is 0 Å². The molecule has 0 atom stereocenters. The van der Waals surface area contributed by atoms with E-state index < -0.39 is 5.97 Å². The van der Waals surface area contributed by atoms with Gasteiger partial charge in [-0.2, -0.15) is 0 Å². The minimum Gasteiger partial charge on any atom is -0.493 e. The molecule has 0 saturated heterocycles. The second-order valence-electron chi connectivity index (χ2n) is 6.54. The van der Waals surface area contributed by atoms with Crippen molar-refractivity contribution in [2.24, 2.45) is 0 Å². The van der Waals surface area contributed by atoms with Gasteiger partial charge in [0.25, 0.3) is 5.91 Å². The summed E-state index contributed by atoms with van der Waals surface area (Å²) in [5.74, 6) is 0.761. The van der Waals surface area contributed by atoms with Gasteiger partial charge in [0.2, 0.25) is 0 Å². The molecule has 1 N–H and O–H groups in total. The highest BCUT2D eigenvalue weighted by Crippen LogP contribution is 2.28. The van der Waals surface area contributed by atoms with E-state index in [4.69, 9.17) is 14.2 Å². The fourth-order valence-corrected chi connectivity index (χ4v) is 2.91. The third-order valence-electron chi connectivity index (χ3n) is 4.42. The van der Waals surface area contributed by atoms with Gasteiger partial charge in [-0.3, -0.25) is 9.59 Å². The van der Waals surface area contributed by atoms with Gasteiger partial charge >= 0.3 is 5.97 Å². The van der Waals surface area contributed by atoms with Gasteiger partial charge in [0, 0.05) is 12.1 Å². The molecule has 6 heteroatoms. The van der Waals surface area contributed by atoms with Crippen molar-refractivity contribution in [3.05, 3.63) is 89.5 Å². The normalized spacial score (nSPS) is 10.2. The third-order valence-corrected chi connectivity index (χ3v) is 4.42. The standard InChI is InChI=1S/C24H23NO5/c1-28-21-12-11-18(13-22(21)29-2)14-23(26)30-20-10-6-9-19(15-20)24(27)25-16-17-7-4-3-5-8-17/h3-13,15H,14,16H2,1-2H3,(H,25,27). The van der Waals surface area contributed by atoms with Crippen LogP contribution in [-0.4, -0.2) is 26.1 Å². The first kappa shape index (κ1) is 20.9. The fraction of sp³-hybridized carbons (Fsp3) is 0.167. The number of hydrogen-bond acceptors (Lipinski definition) is 5. The molecule has 0 radical (unpaired) electrons. The van der Waals surface area contributed by atoms with E-state index in [1.54, 1.807) is 49.6 Å². The quantitative estimate of drug-likeness (QED) is 0.456. The average molecular weight is 405 g/mol. The Morgan fingerprint density at radius 2 is 1.57 bits per heavy atom. The largest absolute Gasteiger partial charge is 0.493 e. The van der Waals surface area contributed by atoms with Gasteiger partial charge in [-0.25, -0.2) is 0 Å². The molecule has 30 heavy (non-hydrogen) atoms. The third kappa shape index (κ3) is 5.61. The van der Waals surface area contributed by atoms with E-state index in [9.17, 15) is 9.59 Å². The average Bonchev–Trinajstić information content (AvgIpc) is 2.78. The summed E-state index contributed by atoms with van der Waals surface area (Å²) < 4.78 is 15.9. The molecule has 154 valence electrons. The summed E-state index contributed by atoms with van der Waals surface area (Å²) in [4.78, 5) is 24.7. The summed E-state index contributed by atoms with van der Waals surface area (Å²) in [5.41, 5.74) is 2.15. The molecule has 0 bridgehead atoms. The number of methoxy groups -OCH3 is 2. The van der Waals surface area contributed by atoms with Crippen LogP contribution in [0.5, 0.6) is 17.2 Å². The number of hydrogen-bond donors (Lipinski definition) is 1. The lowest BCUT2D eigenvalue weighted by molar-refractivity contribution is -0.133. The lowest BCUT2D eigenvalue weighted by atomic mass is 10.1. The number of amides is 1. The van der Waals surface area contributed by atoms with Gasteiger partial charge in [-0.15, -0.1) is 0 Å². The van der Waals surface area contributed by atoms with Crippen molar-refractivity contribution in [1.82, 2.24) is 5.32 Å². The van der Waals surface area contributed by atoms with Gasteiger partial charge in [0.1, 0.15) is 5.75 Å². The monoisotopic (exact) mass is 405 g/mol. The lowest BCUT2D eigenvalue weighted by Crippen LogP contribution is -2.22. The maximum Gasteiger partial charge on any atom is 0.315 e. The highest BCUT2D eigenvalue weighted by atomic mass is 16.5. The van der Waals surface area contributed by atoms with E-state index in [1.807, 2.05) is 30.3 Å². The van der Waals surface area contributed by atoms with Gasteiger partial charge in [-0.1, -0.05) is 42.5 Å². The Balaban J connectivity index is 1.60. The summed E-state index contributed by atoms with van der Waals surface area (Å²) in [6.45, 7) is 0.420. The lowest BCUT2D eigenvalue weighted by Gasteiger charge is -2.10. The molecule has 3 rings (SSSR count). The van der Waals surface area contributed by atoms with Crippen LogP contribution in [0.25, 0.3) is 0 Å². The predicted molar refractivity (Wildman–Crippen MR) is 113 cm³/mol. The summed E-state index contributed by atoms with van der Waals surface area (Å²) >= 11 is 0. The number of benzene rings is 3. The Bertz CT molecular complexity index is 1020. The van der Waals surface area contributed by atoms with Crippen molar-refractivity contribution >= 4 is 11.9 Å². The fourth-order valence-electron chi connectivity index (χ4n) is 2.91. The molecule has 6 nitrogen and oxygen atoms in total. The predicted octanol–water partition coefficient (Wildman–Crippen LogP) is 3.78. The van der Waals surface area contributed by atoms with Gasteiger partial charge < -0.3 is 19.5 Å². The van der Waals surface area contributed by atoms with Crippen LogP contribution in [0.4, 0.5) is 0 Å². The molecular weight excluding hydrogens is 382 g/mol. The molecule has 0 heterocycles. The number of carbonyl (C=O) groups is 2. The summed E-state index contributed by atoms with van der Waals surface area (Å²) in [7, 11) is 3.09. The molecule has 3 aromatic carbocycles. The first-order valence-electron chi connectivity index (χ1n) is 9.43. The second-order valence-corrected chi connectivity index (χ2v) is 6.54. The Labute approximate surface area is 175 Å². The number of ether oxygens (including phenoxy) is 3. The molecule has 0 aromatic heterocycles. The zero-order valence-electron chi connectivity index (χ0n) is 16.9. The van der Waals surface area contributed by atoms with Crippen LogP contribution in [0, 0.1) is 0 Å². The first-order valence-corrected chi connectivity index (χ1v) is 9.43. The van der Waals surface area contributed by atoms with Crippen molar-refractivity contribution in [2.45, 2.75) is 13.0 Å². The summed E-state index contributed by atoms with van der Waals surface area (Å²) in [5, 5.41) is 2.85. The minimum absolute atomic E-state index is 0.0603. The first-order chi connectivity index (χ1) is 14.6. The van der Waals surface area contributed by atoms with Crippen molar-refractivity contribution in [3.8, 4) is 17.2 Å². The zero-order valence-corrected chi connectivity index (χ0v) is 16.9. The van der Waals surface area contributed by atoms with Gasteiger partial charge in [-0.05, 0) is 41.5 Å². The molecule has 0 aliphatic heterocycles. The minimum atomic E-state index is -0.441. The smallest absolute Gasteiger partial charge is 0.315 e. The zero-order chi connectivity index (χ0) is 21.3. The van der Waals surface area contributed by atoms with E-state index in [0.29, 0.717) is 29.4 Å². The van der Waals surface area contributed by atoms with Gasteiger partial charge in [0.15, 0.2) is 11.5 Å². The highest BCUT2D eigenvalue weighted by molar-refractivity contribution is 5.94. The van der Waals surface area contributed by atoms with Crippen LogP contribution in [0.2, 0.25) is 0 Å². The van der Waals surface area contributed by atoms with E-state index >= 15 is 0 Å². The number of esters is 1. The molecule has 0 aliphatic carbocycles. The molecule has 0 fully saturated rings. The maximum atomic E-state index is 12.4. The molecule has 0 unspecified atom stereocenters. The van der Waals surface area contributed by atoms with Gasteiger partial charge in [0.05, 0.1) is 20.6 Å². The Morgan fingerprint density at radius 1 is 0.800 bits per heavy atom. The molecule has 3 aromatic rings. The number of rotatable bonds is 8. The van der Waals surface area contributed by atoms with Crippen molar-refractivity contribution < 1.29 is 23.8 Å². The summed E-state index contributed by atoms with van der Waals surface area (Å²) in [6.07, 6.45) is 0.0603. The SMILES string of the molecule is COc1ccc(CC(=O)Oc2cccc(C(=O)NCc3ccccc3)c2)cc1OC. The summed E-state index contributed by atoms with van der Waals surface area (Å²) in [6, 6.07) is 21.4. The molecule has 0 spiro atoms. The van der Waals surface area contributed by atoms with E-state index in [2.05, 4.69) is 5.32 Å². The van der Waals surface area contributed by atoms with Crippen LogP contribution in [0.3, 0.4) is 0 Å². The number of nitrogens with one attached hydrogen (secondary N) is 1. The Morgan fingerprint density at radius 3 is 2.30 bits per heavy atom. The Hall–Kier alpha value is -3.80. The molecule has 1 amide bonds. The topological polar surface area (TPSA) is 73.9 Å². The van der Waals surface area contributed by atoms with Crippen LogP contribution < -0.4 is 19.5 Å². The van der Waals surface area contributed by atoms with Crippen molar-refractivity contribution in [2.75, 3.05) is 14.2 Å². The van der Waals surface area contributed by atoms with E-state index in [1.165, 1.54) is 7.11 Å². The van der Waals surface area contributed by atoms with Crippen LogP contribution in [0.15, 0.2) is 72.8 Å². The van der Waals surface area contributed by atoms with Crippen LogP contribution in [0.1, 0.15) is 21.5 Å². The molecular formula is C24H23NO5. The van der Waals surface area contributed by atoms with E-state index in [0.717, 1.165) is 11.1 Å². The molecule has 0 aliphatic rings. The van der Waals surface area contributed by atoms with Crippen LogP contribution in [-0.2, 0) is 17.8 Å². The highest BCUT2D eigenvalue weighted by Gasteiger charge is 2.12. The second kappa shape index (κ2) is 10.1. The maximum absolute atomic E-state index is 12.4. The van der Waals surface area contributed by atoms with Crippen molar-refractivity contribution in [3.63, 3.8) is 0 Å². The van der Waals surface area contributed by atoms with Crippen LogP contribution >= 0.6 is 0 Å². The Kier molecular flexibility index (Phi) is 7.05.